The highest BCUT2D eigenvalue weighted by Crippen LogP contribution is 2.26. The molecule has 5 heteroatoms. The Morgan fingerprint density at radius 1 is 1.05 bits per heavy atom. The Bertz CT molecular complexity index is 574. The third-order valence-corrected chi connectivity index (χ3v) is 3.88. The number of unbranched alkanes of at least 4 members (excludes halogenated alkanes) is 2. The smallest absolute Gasteiger partial charge is 0.224 e. The molecule has 1 heterocycles. The Morgan fingerprint density at radius 2 is 1.81 bits per heavy atom. The van der Waals surface area contributed by atoms with Gasteiger partial charge in [-0.2, -0.15) is 4.98 Å². The minimum atomic E-state index is 0.308. The lowest BCUT2D eigenvalue weighted by atomic mass is 10.2. The van der Waals surface area contributed by atoms with Crippen molar-refractivity contribution in [2.45, 2.75) is 32.6 Å². The van der Waals surface area contributed by atoms with Crippen LogP contribution in [0.25, 0.3) is 10.9 Å². The van der Waals surface area contributed by atoms with Gasteiger partial charge in [-0.1, -0.05) is 25.5 Å². The number of nitrogens with zero attached hydrogens (tertiary/aromatic N) is 3. The minimum Gasteiger partial charge on any atom is -0.356 e. The molecule has 0 amide bonds. The van der Waals surface area contributed by atoms with Crippen molar-refractivity contribution < 1.29 is 0 Å². The molecule has 0 bridgehead atoms. The first-order chi connectivity index (χ1) is 10.3. The van der Waals surface area contributed by atoms with Gasteiger partial charge in [0.2, 0.25) is 5.28 Å². The van der Waals surface area contributed by atoms with Crippen molar-refractivity contribution in [2.24, 2.45) is 0 Å². The first-order valence-corrected chi connectivity index (χ1v) is 8.40. The fourth-order valence-corrected chi connectivity index (χ4v) is 2.70. The van der Waals surface area contributed by atoms with E-state index in [4.69, 9.17) is 23.2 Å². The van der Waals surface area contributed by atoms with Crippen LogP contribution in [0.15, 0.2) is 24.3 Å². The summed E-state index contributed by atoms with van der Waals surface area (Å²) in [4.78, 5) is 11.1. The quantitative estimate of drug-likeness (QED) is 0.392. The van der Waals surface area contributed by atoms with E-state index in [0.29, 0.717) is 11.2 Å². The summed E-state index contributed by atoms with van der Waals surface area (Å²) in [6.07, 6.45) is 4.36. The number of alkyl halides is 1. The summed E-state index contributed by atoms with van der Waals surface area (Å²) in [5, 5.41) is 1.37. The lowest BCUT2D eigenvalue weighted by Gasteiger charge is -2.25. The molecule has 0 unspecified atom stereocenters. The largest absolute Gasteiger partial charge is 0.356 e. The van der Waals surface area contributed by atoms with Crippen molar-refractivity contribution in [3.8, 4) is 0 Å². The van der Waals surface area contributed by atoms with E-state index in [1.54, 1.807) is 0 Å². The van der Waals surface area contributed by atoms with E-state index in [1.165, 1.54) is 0 Å². The van der Waals surface area contributed by atoms with Gasteiger partial charge >= 0.3 is 0 Å². The second kappa shape index (κ2) is 8.40. The van der Waals surface area contributed by atoms with Crippen LogP contribution in [-0.2, 0) is 0 Å². The molecule has 0 N–H and O–H groups in total. The monoisotopic (exact) mass is 325 g/mol. The first kappa shape index (κ1) is 16.3. The number of anilines is 1. The molecule has 0 aliphatic heterocycles. The molecule has 0 saturated carbocycles. The predicted molar refractivity (Wildman–Crippen MR) is 91.6 cm³/mol. The highest BCUT2D eigenvalue weighted by Gasteiger charge is 2.13. The second-order valence-electron chi connectivity index (χ2n) is 5.07. The lowest BCUT2D eigenvalue weighted by Crippen LogP contribution is -2.27. The van der Waals surface area contributed by atoms with Crippen molar-refractivity contribution >= 4 is 39.9 Å². The van der Waals surface area contributed by atoms with E-state index >= 15 is 0 Å². The summed E-state index contributed by atoms with van der Waals surface area (Å²) in [6.45, 7) is 4.13. The van der Waals surface area contributed by atoms with Crippen LogP contribution in [0.2, 0.25) is 5.28 Å². The molecule has 0 aliphatic rings. The highest BCUT2D eigenvalue weighted by molar-refractivity contribution is 6.28. The zero-order valence-electron chi connectivity index (χ0n) is 12.4. The SMILES string of the molecule is CCCCN(CCCCCl)c1nc(Cl)nc2ccccc12. The zero-order chi connectivity index (χ0) is 15.1. The van der Waals surface area contributed by atoms with Gasteiger partial charge in [0, 0.05) is 24.4 Å². The van der Waals surface area contributed by atoms with Crippen molar-refractivity contribution in [3.05, 3.63) is 29.5 Å². The molecule has 0 aliphatic carbocycles. The highest BCUT2D eigenvalue weighted by atomic mass is 35.5. The van der Waals surface area contributed by atoms with Crippen LogP contribution in [0.4, 0.5) is 5.82 Å². The van der Waals surface area contributed by atoms with Crippen LogP contribution in [0.5, 0.6) is 0 Å². The molecule has 0 fully saturated rings. The van der Waals surface area contributed by atoms with Crippen LogP contribution in [-0.4, -0.2) is 28.9 Å². The fraction of sp³-hybridized carbons (Fsp3) is 0.500. The summed E-state index contributed by atoms with van der Waals surface area (Å²) in [5.41, 5.74) is 0.895. The number of halogens is 2. The molecule has 0 saturated heterocycles. The Labute approximate surface area is 136 Å². The number of hydrogen-bond donors (Lipinski definition) is 0. The summed E-state index contributed by atoms with van der Waals surface area (Å²) >= 11 is 11.9. The summed E-state index contributed by atoms with van der Waals surface area (Å²) in [7, 11) is 0. The van der Waals surface area contributed by atoms with Crippen molar-refractivity contribution in [1.82, 2.24) is 9.97 Å². The second-order valence-corrected chi connectivity index (χ2v) is 5.79. The van der Waals surface area contributed by atoms with Crippen LogP contribution < -0.4 is 4.90 Å². The van der Waals surface area contributed by atoms with Crippen molar-refractivity contribution in [1.29, 1.82) is 0 Å². The van der Waals surface area contributed by atoms with E-state index < -0.39 is 0 Å². The van der Waals surface area contributed by atoms with Crippen LogP contribution >= 0.6 is 23.2 Å². The number of aromatic nitrogens is 2. The maximum atomic E-state index is 6.09. The molecule has 2 rings (SSSR count). The maximum absolute atomic E-state index is 6.09. The van der Waals surface area contributed by atoms with Gasteiger partial charge in [-0.25, -0.2) is 4.98 Å². The molecule has 114 valence electrons. The topological polar surface area (TPSA) is 29.0 Å². The third kappa shape index (κ3) is 4.45. The Hall–Kier alpha value is -1.06. The van der Waals surface area contributed by atoms with Gasteiger partial charge < -0.3 is 4.90 Å². The summed E-state index contributed by atoms with van der Waals surface area (Å²) in [6, 6.07) is 8.02. The first-order valence-electron chi connectivity index (χ1n) is 7.49. The van der Waals surface area contributed by atoms with Gasteiger partial charge in [0.1, 0.15) is 5.82 Å². The summed E-state index contributed by atoms with van der Waals surface area (Å²) in [5.74, 6) is 1.64. The molecule has 1 aromatic heterocycles. The van der Waals surface area contributed by atoms with Gasteiger partial charge in [0.25, 0.3) is 0 Å². The molecular weight excluding hydrogens is 305 g/mol. The average Bonchev–Trinajstić information content (AvgIpc) is 2.50. The Kier molecular flexibility index (Phi) is 6.52. The Balaban J connectivity index is 2.33. The van der Waals surface area contributed by atoms with Crippen LogP contribution in [0.3, 0.4) is 0 Å². The van der Waals surface area contributed by atoms with E-state index in [0.717, 1.165) is 55.5 Å². The fourth-order valence-electron chi connectivity index (χ4n) is 2.34. The van der Waals surface area contributed by atoms with Gasteiger partial charge in [0.15, 0.2) is 0 Å². The number of rotatable bonds is 8. The number of fused-ring (bicyclic) bond motifs is 1. The molecule has 0 atom stereocenters. The number of para-hydroxylation sites is 1. The van der Waals surface area contributed by atoms with Gasteiger partial charge in [-0.3, -0.25) is 0 Å². The maximum Gasteiger partial charge on any atom is 0.224 e. The van der Waals surface area contributed by atoms with Gasteiger partial charge in [0.05, 0.1) is 5.52 Å². The Morgan fingerprint density at radius 3 is 2.57 bits per heavy atom. The molecule has 1 aromatic carbocycles. The molecule has 0 radical (unpaired) electrons. The van der Waals surface area contributed by atoms with E-state index in [-0.39, 0.29) is 0 Å². The zero-order valence-corrected chi connectivity index (χ0v) is 13.9. The predicted octanol–water partition coefficient (Wildman–Crippen LogP) is 4.91. The van der Waals surface area contributed by atoms with Gasteiger partial charge in [-0.15, -0.1) is 11.6 Å². The van der Waals surface area contributed by atoms with E-state index in [2.05, 4.69) is 27.9 Å². The third-order valence-electron chi connectivity index (χ3n) is 3.45. The normalized spacial score (nSPS) is 11.0. The van der Waals surface area contributed by atoms with Gasteiger partial charge in [-0.05, 0) is 43.0 Å². The molecular formula is C16H21Cl2N3. The minimum absolute atomic E-state index is 0.308. The van der Waals surface area contributed by atoms with Crippen molar-refractivity contribution in [2.75, 3.05) is 23.9 Å². The van der Waals surface area contributed by atoms with E-state index in [1.807, 2.05) is 18.2 Å². The molecule has 3 nitrogen and oxygen atoms in total. The number of benzene rings is 1. The lowest BCUT2D eigenvalue weighted by molar-refractivity contribution is 0.674. The van der Waals surface area contributed by atoms with E-state index in [9.17, 15) is 0 Å². The molecule has 21 heavy (non-hydrogen) atoms. The molecule has 2 aromatic rings. The van der Waals surface area contributed by atoms with Crippen molar-refractivity contribution in [3.63, 3.8) is 0 Å². The van der Waals surface area contributed by atoms with Crippen LogP contribution in [0.1, 0.15) is 32.6 Å². The molecule has 0 spiro atoms. The number of hydrogen-bond acceptors (Lipinski definition) is 3. The standard InChI is InChI=1S/C16H21Cl2N3/c1-2-3-11-21(12-7-6-10-17)15-13-8-4-5-9-14(13)19-16(18)20-15/h4-5,8-9H,2-3,6-7,10-12H2,1H3. The van der Waals surface area contributed by atoms with Crippen LogP contribution in [0, 0.1) is 0 Å². The average molecular weight is 326 g/mol. The summed E-state index contributed by atoms with van der Waals surface area (Å²) < 4.78 is 0.